The third-order valence-corrected chi connectivity index (χ3v) is 2.90. The molecular formula is C14H9ClF2O2. The minimum atomic E-state index is -3.95. The van der Waals surface area contributed by atoms with Gasteiger partial charge in [0, 0.05) is 10.6 Å². The lowest BCUT2D eigenvalue weighted by Crippen LogP contribution is -2.26. The lowest BCUT2D eigenvalue weighted by Gasteiger charge is -2.16. The molecule has 0 heterocycles. The predicted octanol–water partition coefficient (Wildman–Crippen LogP) is 4.18. The first-order chi connectivity index (χ1) is 8.93. The number of carboxylic acid groups (broad SMARTS) is 1. The summed E-state index contributed by atoms with van der Waals surface area (Å²) in [6.07, 6.45) is 0. The average molecular weight is 283 g/mol. The summed E-state index contributed by atoms with van der Waals surface area (Å²) in [6, 6.07) is 11.8. The monoisotopic (exact) mass is 282 g/mol. The fourth-order valence-electron chi connectivity index (χ4n) is 1.78. The van der Waals surface area contributed by atoms with Crippen LogP contribution in [0.4, 0.5) is 8.78 Å². The van der Waals surface area contributed by atoms with Gasteiger partial charge in [-0.15, -0.1) is 0 Å². The van der Waals surface area contributed by atoms with E-state index in [-0.39, 0.29) is 5.56 Å². The zero-order chi connectivity index (χ0) is 14.0. The number of alkyl halides is 2. The summed E-state index contributed by atoms with van der Waals surface area (Å²) in [4.78, 5) is 10.7. The molecule has 2 aromatic rings. The molecule has 0 atom stereocenters. The van der Waals surface area contributed by atoms with E-state index in [1.165, 1.54) is 18.2 Å². The van der Waals surface area contributed by atoms with E-state index in [2.05, 4.69) is 0 Å². The van der Waals surface area contributed by atoms with Crippen molar-refractivity contribution in [2.75, 3.05) is 0 Å². The van der Waals surface area contributed by atoms with Gasteiger partial charge in [0.2, 0.25) is 0 Å². The molecule has 0 spiro atoms. The van der Waals surface area contributed by atoms with Gasteiger partial charge in [-0.3, -0.25) is 0 Å². The van der Waals surface area contributed by atoms with Gasteiger partial charge in [-0.25, -0.2) is 4.79 Å². The molecule has 0 aliphatic heterocycles. The topological polar surface area (TPSA) is 37.3 Å². The standard InChI is InChI=1S/C14H9ClF2O2/c15-10-5-3-4-9(8-10)11-6-1-2-7-12(11)14(16,17)13(18)19/h1-8H,(H,18,19). The van der Waals surface area contributed by atoms with Crippen molar-refractivity contribution in [2.24, 2.45) is 0 Å². The Labute approximate surface area is 113 Å². The molecule has 2 rings (SSSR count). The lowest BCUT2D eigenvalue weighted by atomic mass is 9.95. The summed E-state index contributed by atoms with van der Waals surface area (Å²) in [6.45, 7) is 0. The average Bonchev–Trinajstić information content (AvgIpc) is 2.38. The second-order valence-corrected chi connectivity index (χ2v) is 4.37. The number of hydrogen-bond acceptors (Lipinski definition) is 1. The van der Waals surface area contributed by atoms with Crippen LogP contribution in [0.2, 0.25) is 5.02 Å². The van der Waals surface area contributed by atoms with Crippen LogP contribution >= 0.6 is 11.6 Å². The number of rotatable bonds is 3. The normalized spacial score (nSPS) is 11.3. The SMILES string of the molecule is O=C(O)C(F)(F)c1ccccc1-c1cccc(Cl)c1. The first-order valence-corrected chi connectivity index (χ1v) is 5.77. The Morgan fingerprint density at radius 2 is 1.79 bits per heavy atom. The first-order valence-electron chi connectivity index (χ1n) is 5.39. The highest BCUT2D eigenvalue weighted by molar-refractivity contribution is 6.30. The van der Waals surface area contributed by atoms with Crippen molar-refractivity contribution in [3.63, 3.8) is 0 Å². The van der Waals surface area contributed by atoms with Gasteiger partial charge in [0.25, 0.3) is 0 Å². The van der Waals surface area contributed by atoms with E-state index in [0.29, 0.717) is 10.6 Å². The second kappa shape index (κ2) is 4.97. The zero-order valence-electron chi connectivity index (χ0n) is 9.61. The van der Waals surface area contributed by atoms with Crippen molar-refractivity contribution in [3.8, 4) is 11.1 Å². The summed E-state index contributed by atoms with van der Waals surface area (Å²) in [5.74, 6) is -6.12. The van der Waals surface area contributed by atoms with Crippen LogP contribution in [0, 0.1) is 0 Å². The number of hydrogen-bond donors (Lipinski definition) is 1. The summed E-state index contributed by atoms with van der Waals surface area (Å²) >= 11 is 5.82. The molecule has 1 N–H and O–H groups in total. The Kier molecular flexibility index (Phi) is 3.53. The second-order valence-electron chi connectivity index (χ2n) is 3.94. The highest BCUT2D eigenvalue weighted by atomic mass is 35.5. The summed E-state index contributed by atoms with van der Waals surface area (Å²) in [5.41, 5.74) is 0.0474. The van der Waals surface area contributed by atoms with E-state index in [1.807, 2.05) is 0 Å². The maximum absolute atomic E-state index is 13.7. The molecule has 0 aliphatic rings. The van der Waals surface area contributed by atoms with Gasteiger partial charge in [0.05, 0.1) is 0 Å². The molecule has 0 aromatic heterocycles. The highest BCUT2D eigenvalue weighted by Gasteiger charge is 2.42. The van der Waals surface area contributed by atoms with E-state index in [9.17, 15) is 13.6 Å². The van der Waals surface area contributed by atoms with E-state index >= 15 is 0 Å². The van der Waals surface area contributed by atoms with Crippen LogP contribution in [0.1, 0.15) is 5.56 Å². The van der Waals surface area contributed by atoms with Gasteiger partial charge < -0.3 is 5.11 Å². The van der Waals surface area contributed by atoms with Crippen molar-refractivity contribution in [1.82, 2.24) is 0 Å². The molecule has 0 bridgehead atoms. The Morgan fingerprint density at radius 1 is 1.11 bits per heavy atom. The Morgan fingerprint density at radius 3 is 2.42 bits per heavy atom. The first kappa shape index (κ1) is 13.5. The molecule has 98 valence electrons. The van der Waals surface area contributed by atoms with Crippen molar-refractivity contribution in [3.05, 3.63) is 59.1 Å². The summed E-state index contributed by atoms with van der Waals surface area (Å²) in [5, 5.41) is 9.04. The number of benzene rings is 2. The van der Waals surface area contributed by atoms with Crippen LogP contribution in [0.15, 0.2) is 48.5 Å². The summed E-state index contributed by atoms with van der Waals surface area (Å²) < 4.78 is 27.4. The van der Waals surface area contributed by atoms with Crippen molar-refractivity contribution >= 4 is 17.6 Å². The number of halogens is 3. The molecule has 19 heavy (non-hydrogen) atoms. The van der Waals surface area contributed by atoms with Gasteiger partial charge in [0.1, 0.15) is 0 Å². The van der Waals surface area contributed by atoms with Gasteiger partial charge in [-0.05, 0) is 23.3 Å². The zero-order valence-corrected chi connectivity index (χ0v) is 10.4. The van der Waals surface area contributed by atoms with E-state index < -0.39 is 17.5 Å². The molecule has 0 aliphatic carbocycles. The number of carboxylic acids is 1. The molecule has 2 aromatic carbocycles. The largest absolute Gasteiger partial charge is 0.477 e. The minimum Gasteiger partial charge on any atom is -0.477 e. The lowest BCUT2D eigenvalue weighted by molar-refractivity contribution is -0.166. The Balaban J connectivity index is 2.63. The van der Waals surface area contributed by atoms with Gasteiger partial charge >= 0.3 is 11.9 Å². The summed E-state index contributed by atoms with van der Waals surface area (Å²) in [7, 11) is 0. The number of aliphatic carboxylic acids is 1. The van der Waals surface area contributed by atoms with Crippen LogP contribution in [0.3, 0.4) is 0 Å². The third-order valence-electron chi connectivity index (χ3n) is 2.67. The van der Waals surface area contributed by atoms with Crippen LogP contribution in [0.25, 0.3) is 11.1 Å². The maximum Gasteiger partial charge on any atom is 0.379 e. The molecular weight excluding hydrogens is 274 g/mol. The molecule has 0 saturated heterocycles. The van der Waals surface area contributed by atoms with Gasteiger partial charge in [-0.1, -0.05) is 48.0 Å². The number of carbonyl (C=O) groups is 1. The fourth-order valence-corrected chi connectivity index (χ4v) is 1.97. The third kappa shape index (κ3) is 2.58. The van der Waals surface area contributed by atoms with Crippen molar-refractivity contribution < 1.29 is 18.7 Å². The maximum atomic E-state index is 13.7. The molecule has 0 amide bonds. The smallest absolute Gasteiger partial charge is 0.379 e. The van der Waals surface area contributed by atoms with Crippen LogP contribution in [-0.2, 0) is 10.7 Å². The highest BCUT2D eigenvalue weighted by Crippen LogP contribution is 2.36. The van der Waals surface area contributed by atoms with Crippen LogP contribution < -0.4 is 0 Å². The van der Waals surface area contributed by atoms with E-state index in [4.69, 9.17) is 16.7 Å². The van der Waals surface area contributed by atoms with Crippen LogP contribution in [0.5, 0.6) is 0 Å². The minimum absolute atomic E-state index is 0.150. The quantitative estimate of drug-likeness (QED) is 0.917. The predicted molar refractivity (Wildman–Crippen MR) is 68.4 cm³/mol. The molecule has 5 heteroatoms. The van der Waals surface area contributed by atoms with Gasteiger partial charge in [-0.2, -0.15) is 8.78 Å². The van der Waals surface area contributed by atoms with Crippen molar-refractivity contribution in [1.29, 1.82) is 0 Å². The fraction of sp³-hybridized carbons (Fsp3) is 0.0714. The molecule has 0 radical (unpaired) electrons. The molecule has 2 nitrogen and oxygen atoms in total. The Bertz CT molecular complexity index is 626. The molecule has 0 unspecified atom stereocenters. The van der Waals surface area contributed by atoms with Crippen LogP contribution in [-0.4, -0.2) is 11.1 Å². The van der Waals surface area contributed by atoms with E-state index in [1.54, 1.807) is 24.3 Å². The van der Waals surface area contributed by atoms with Gasteiger partial charge in [0.15, 0.2) is 0 Å². The molecule has 0 saturated carbocycles. The Hall–Kier alpha value is -1.94. The van der Waals surface area contributed by atoms with E-state index in [0.717, 1.165) is 6.07 Å². The molecule has 0 fully saturated rings. The van der Waals surface area contributed by atoms with Crippen molar-refractivity contribution in [2.45, 2.75) is 5.92 Å².